The van der Waals surface area contributed by atoms with E-state index in [1.54, 1.807) is 44.2 Å². The third kappa shape index (κ3) is 7.79. The van der Waals surface area contributed by atoms with Gasteiger partial charge in [0.25, 0.3) is 5.91 Å². The average Bonchev–Trinajstić information content (AvgIpc) is 3.49. The number of benzene rings is 2. The smallest absolute Gasteiger partial charge is 0.264 e. The van der Waals surface area contributed by atoms with Crippen LogP contribution in [0.25, 0.3) is 0 Å². The normalized spacial score (nSPS) is 29.2. The van der Waals surface area contributed by atoms with E-state index in [2.05, 4.69) is 15.7 Å². The fraction of sp³-hybridized carbons (Fsp3) is 0.579. The molecule has 4 aliphatic rings. The van der Waals surface area contributed by atoms with Gasteiger partial charge in [-0.15, -0.1) is 0 Å². The number of allylic oxidation sites excluding steroid dienone is 1. The van der Waals surface area contributed by atoms with Gasteiger partial charge in [0.05, 0.1) is 17.5 Å². The Kier molecular flexibility index (Phi) is 11.4. The van der Waals surface area contributed by atoms with Crippen LogP contribution in [0.1, 0.15) is 73.9 Å². The van der Waals surface area contributed by atoms with Gasteiger partial charge < -0.3 is 19.3 Å². The number of halogens is 2. The zero-order valence-electron chi connectivity index (χ0n) is 30.0. The molecule has 3 aliphatic heterocycles. The second-order valence-corrected chi connectivity index (χ2v) is 17.3. The number of sulfonamides is 1. The predicted molar refractivity (Wildman–Crippen MR) is 197 cm³/mol. The fourth-order valence-corrected chi connectivity index (χ4v) is 9.76. The van der Waals surface area contributed by atoms with E-state index < -0.39 is 44.4 Å². The maximum atomic E-state index is 16.6. The van der Waals surface area contributed by atoms with Gasteiger partial charge in [-0.05, 0) is 106 Å². The Balaban J connectivity index is 1.46. The molecular weight excluding hydrogens is 695 g/mol. The second kappa shape index (κ2) is 15.4. The largest absolute Gasteiger partial charge is 0.490 e. The molecule has 10 nitrogen and oxygen atoms in total. The molecule has 51 heavy (non-hydrogen) atoms. The van der Waals surface area contributed by atoms with Gasteiger partial charge in [-0.1, -0.05) is 30.7 Å². The van der Waals surface area contributed by atoms with E-state index in [4.69, 9.17) is 21.1 Å². The minimum atomic E-state index is -4.13. The van der Waals surface area contributed by atoms with E-state index in [0.717, 1.165) is 32.1 Å². The lowest BCUT2D eigenvalue weighted by Gasteiger charge is -2.42. The van der Waals surface area contributed by atoms with Crippen LogP contribution >= 0.6 is 11.6 Å². The van der Waals surface area contributed by atoms with Gasteiger partial charge in [0.15, 0.2) is 0 Å². The molecule has 6 rings (SSSR count). The van der Waals surface area contributed by atoms with Gasteiger partial charge in [0.2, 0.25) is 15.9 Å². The Morgan fingerprint density at radius 2 is 2.00 bits per heavy atom. The van der Waals surface area contributed by atoms with Crippen LogP contribution in [0, 0.1) is 5.92 Å². The molecule has 3 heterocycles. The fourth-order valence-electron chi connectivity index (χ4n) is 8.28. The standard InChI is InChI=1S/C38H50ClFN4O6S/c1-25-10-14-32(40)35(37(46)42(3)17-7-19-49-4)44-18-6-9-30(44)22-43-23-38(16-5-8-27-20-29(39)12-13-31(27)38)24-50-34-15-11-28(21-33(34)43)36(45)41-51(47,48)26(25)2/h11-15,20-21,25-26,30,35H,5-10,16-19,22-24H2,1-4H3,(H,41,45)/b32-14-/t25-,26+,30-,35+,38-/m0/s1. The van der Waals surface area contributed by atoms with Gasteiger partial charge in [-0.3, -0.25) is 14.5 Å². The molecule has 0 radical (unpaired) electrons. The summed E-state index contributed by atoms with van der Waals surface area (Å²) in [6, 6.07) is 9.73. The van der Waals surface area contributed by atoms with Crippen molar-refractivity contribution in [2.24, 2.45) is 5.92 Å². The molecule has 0 unspecified atom stereocenters. The van der Waals surface area contributed by atoms with Gasteiger partial charge in [0, 0.05) is 62.4 Å². The van der Waals surface area contributed by atoms with Crippen molar-refractivity contribution in [3.63, 3.8) is 0 Å². The number of aryl methyl sites for hydroxylation is 1. The van der Waals surface area contributed by atoms with E-state index in [-0.39, 0.29) is 23.9 Å². The van der Waals surface area contributed by atoms with E-state index in [9.17, 15) is 18.0 Å². The molecule has 1 spiro atoms. The van der Waals surface area contributed by atoms with Crippen LogP contribution in [-0.2, 0) is 31.4 Å². The topological polar surface area (TPSA) is 108 Å². The van der Waals surface area contributed by atoms with Gasteiger partial charge >= 0.3 is 0 Å². The lowest BCUT2D eigenvalue weighted by Crippen LogP contribution is -2.54. The van der Waals surface area contributed by atoms with Crippen molar-refractivity contribution in [3.8, 4) is 5.75 Å². The number of carbonyl (C=O) groups is 2. The SMILES string of the molecule is COCCCN(C)C(=O)[C@H]1/C(F)=C/C[C@H](C)[C@@H](C)S(=O)(=O)NC(=O)c2ccc3c(c2)N(C[C@@H]2CCCN21)C[C@@]1(CCCc2cc(Cl)ccc21)CO3. The van der Waals surface area contributed by atoms with Gasteiger partial charge in [-0.25, -0.2) is 17.5 Å². The minimum absolute atomic E-state index is 0.0754. The number of hydrogen-bond acceptors (Lipinski definition) is 8. The number of likely N-dealkylation sites (N-methyl/N-ethyl adjacent to an activating group) is 1. The summed E-state index contributed by atoms with van der Waals surface area (Å²) >= 11 is 6.44. The van der Waals surface area contributed by atoms with Crippen molar-refractivity contribution in [2.45, 2.75) is 81.5 Å². The third-order valence-electron chi connectivity index (χ3n) is 11.4. The van der Waals surface area contributed by atoms with E-state index >= 15 is 4.39 Å². The number of carbonyl (C=O) groups excluding carboxylic acids is 2. The summed E-state index contributed by atoms with van der Waals surface area (Å²) < 4.78 is 57.6. The number of ether oxygens (including phenoxy) is 2. The summed E-state index contributed by atoms with van der Waals surface area (Å²) in [5, 5.41) is -0.327. The van der Waals surface area contributed by atoms with Crippen LogP contribution < -0.4 is 14.4 Å². The molecule has 1 fully saturated rings. The van der Waals surface area contributed by atoms with Crippen molar-refractivity contribution >= 4 is 39.1 Å². The van der Waals surface area contributed by atoms with Crippen molar-refractivity contribution < 1.29 is 31.9 Å². The number of hydrogen-bond donors (Lipinski definition) is 1. The Morgan fingerprint density at radius 1 is 1.20 bits per heavy atom. The Bertz CT molecular complexity index is 1770. The molecule has 0 aromatic heterocycles. The molecule has 1 N–H and O–H groups in total. The summed E-state index contributed by atoms with van der Waals surface area (Å²) in [7, 11) is -0.833. The Morgan fingerprint density at radius 3 is 2.78 bits per heavy atom. The van der Waals surface area contributed by atoms with Crippen LogP contribution in [-0.4, -0.2) is 101 Å². The molecule has 0 saturated carbocycles. The number of nitrogens with one attached hydrogen (secondary N) is 1. The highest BCUT2D eigenvalue weighted by Gasteiger charge is 2.45. The van der Waals surface area contributed by atoms with Crippen molar-refractivity contribution in [1.29, 1.82) is 0 Å². The molecule has 2 bridgehead atoms. The summed E-state index contributed by atoms with van der Waals surface area (Å²) in [5.74, 6) is -1.62. The third-order valence-corrected chi connectivity index (χ3v) is 13.6. The van der Waals surface area contributed by atoms with E-state index in [1.807, 2.05) is 17.0 Å². The maximum absolute atomic E-state index is 16.6. The highest BCUT2D eigenvalue weighted by atomic mass is 35.5. The lowest BCUT2D eigenvalue weighted by molar-refractivity contribution is -0.135. The molecule has 2 aromatic carbocycles. The first-order valence-electron chi connectivity index (χ1n) is 18.1. The zero-order valence-corrected chi connectivity index (χ0v) is 31.6. The molecular formula is C38H50ClFN4O6S. The van der Waals surface area contributed by atoms with Crippen LogP contribution in [0.5, 0.6) is 5.75 Å². The van der Waals surface area contributed by atoms with E-state index in [1.165, 1.54) is 24.1 Å². The molecule has 2 aromatic rings. The molecule has 5 atom stereocenters. The van der Waals surface area contributed by atoms with Crippen molar-refractivity contribution in [3.05, 3.63) is 70.0 Å². The van der Waals surface area contributed by atoms with Crippen molar-refractivity contribution in [2.75, 3.05) is 58.5 Å². The first kappa shape index (κ1) is 37.6. The summed E-state index contributed by atoms with van der Waals surface area (Å²) in [6.07, 6.45) is 6.31. The number of methoxy groups -OCH3 is 1. The molecule has 13 heteroatoms. The summed E-state index contributed by atoms with van der Waals surface area (Å²) in [6.45, 7) is 6.03. The zero-order chi connectivity index (χ0) is 36.5. The number of fused-ring (bicyclic) bond motifs is 4. The van der Waals surface area contributed by atoms with Crippen LogP contribution in [0.2, 0.25) is 5.02 Å². The molecule has 1 aliphatic carbocycles. The first-order valence-corrected chi connectivity index (χ1v) is 20.0. The minimum Gasteiger partial charge on any atom is -0.490 e. The van der Waals surface area contributed by atoms with Crippen molar-refractivity contribution in [1.82, 2.24) is 14.5 Å². The highest BCUT2D eigenvalue weighted by molar-refractivity contribution is 7.90. The Labute approximate surface area is 306 Å². The average molecular weight is 745 g/mol. The van der Waals surface area contributed by atoms with Crippen LogP contribution in [0.3, 0.4) is 0 Å². The number of nitrogens with zero attached hydrogens (tertiary/aromatic N) is 3. The van der Waals surface area contributed by atoms with Crippen LogP contribution in [0.15, 0.2) is 48.3 Å². The number of anilines is 1. The second-order valence-electron chi connectivity index (χ2n) is 14.8. The molecule has 1 saturated heterocycles. The quantitative estimate of drug-likeness (QED) is 0.402. The van der Waals surface area contributed by atoms with Crippen LogP contribution in [0.4, 0.5) is 10.1 Å². The highest BCUT2D eigenvalue weighted by Crippen LogP contribution is 2.45. The summed E-state index contributed by atoms with van der Waals surface area (Å²) in [5.41, 5.74) is 2.82. The van der Waals surface area contributed by atoms with Gasteiger partial charge in [0.1, 0.15) is 17.6 Å². The maximum Gasteiger partial charge on any atom is 0.264 e. The summed E-state index contributed by atoms with van der Waals surface area (Å²) in [4.78, 5) is 33.5. The number of amides is 2. The molecule has 2 amide bonds. The predicted octanol–water partition coefficient (Wildman–Crippen LogP) is 5.48. The van der Waals surface area contributed by atoms with Gasteiger partial charge in [-0.2, -0.15) is 0 Å². The Hall–Kier alpha value is -3.19. The monoisotopic (exact) mass is 744 g/mol. The first-order chi connectivity index (χ1) is 24.3. The lowest BCUT2D eigenvalue weighted by atomic mass is 9.70. The number of rotatable bonds is 5. The van der Waals surface area contributed by atoms with E-state index in [0.29, 0.717) is 62.3 Å². The molecule has 278 valence electrons.